The molecule has 0 aliphatic rings. The molecule has 2 N–H and O–H groups in total. The third-order valence-electron chi connectivity index (χ3n) is 3.26. The molecule has 0 fully saturated rings. The summed E-state index contributed by atoms with van der Waals surface area (Å²) in [6.45, 7) is 2.44. The summed E-state index contributed by atoms with van der Waals surface area (Å²) in [5.74, 6) is 0.552. The molecule has 2 aromatic rings. The zero-order valence-electron chi connectivity index (χ0n) is 13.7. The maximum Gasteiger partial charge on any atom is 0.411 e. The quantitative estimate of drug-likeness (QED) is 0.854. The van der Waals surface area contributed by atoms with Gasteiger partial charge in [0.2, 0.25) is 0 Å². The van der Waals surface area contributed by atoms with Gasteiger partial charge in [0.1, 0.15) is 5.75 Å². The largest absolute Gasteiger partial charge is 0.497 e. The highest BCUT2D eigenvalue weighted by molar-refractivity contribution is 5.95. The molecule has 0 aromatic heterocycles. The Labute approximate surface area is 140 Å². The van der Waals surface area contributed by atoms with Gasteiger partial charge in [-0.05, 0) is 48.9 Å². The molecule has 0 aliphatic carbocycles. The number of ether oxygens (including phenoxy) is 2. The van der Waals surface area contributed by atoms with E-state index in [9.17, 15) is 9.59 Å². The first kappa shape index (κ1) is 17.3. The van der Waals surface area contributed by atoms with E-state index in [2.05, 4.69) is 10.6 Å². The first-order valence-corrected chi connectivity index (χ1v) is 7.57. The molecule has 6 heteroatoms. The zero-order valence-corrected chi connectivity index (χ0v) is 13.7. The van der Waals surface area contributed by atoms with Crippen LogP contribution < -0.4 is 15.4 Å². The van der Waals surface area contributed by atoms with Crippen molar-refractivity contribution in [1.29, 1.82) is 0 Å². The average Bonchev–Trinajstić information content (AvgIpc) is 2.60. The molecule has 6 nitrogen and oxygen atoms in total. The van der Waals surface area contributed by atoms with E-state index in [0.29, 0.717) is 24.4 Å². The average molecular weight is 328 g/mol. The number of hydrogen-bond donors (Lipinski definition) is 2. The number of rotatable bonds is 6. The number of methoxy groups -OCH3 is 1. The smallest absolute Gasteiger partial charge is 0.411 e. The molecule has 0 spiro atoms. The number of nitrogens with one attached hydrogen (secondary N) is 2. The lowest BCUT2D eigenvalue weighted by atomic mass is 10.1. The van der Waals surface area contributed by atoms with Crippen LogP contribution in [0.2, 0.25) is 0 Å². The van der Waals surface area contributed by atoms with Gasteiger partial charge < -0.3 is 14.8 Å². The van der Waals surface area contributed by atoms with Crippen LogP contribution in [0, 0.1) is 0 Å². The summed E-state index contributed by atoms with van der Waals surface area (Å²) in [5, 5.41) is 5.41. The Bertz CT molecular complexity index is 698. The number of benzene rings is 2. The van der Waals surface area contributed by atoms with Crippen LogP contribution in [0.4, 0.5) is 10.5 Å². The van der Waals surface area contributed by atoms with Crippen molar-refractivity contribution < 1.29 is 19.1 Å². The molecule has 24 heavy (non-hydrogen) atoms. The molecule has 126 valence electrons. The molecule has 0 saturated carbocycles. The molecular formula is C18H20N2O4. The summed E-state index contributed by atoms with van der Waals surface area (Å²) in [4.78, 5) is 23.5. The highest BCUT2D eigenvalue weighted by Gasteiger charge is 2.07. The second-order valence-electron chi connectivity index (χ2n) is 4.96. The summed E-state index contributed by atoms with van der Waals surface area (Å²) in [5.41, 5.74) is 2.02. The number of carbonyl (C=O) groups is 2. The Hall–Kier alpha value is -3.02. The Morgan fingerprint density at radius 1 is 1.08 bits per heavy atom. The molecule has 0 saturated heterocycles. The van der Waals surface area contributed by atoms with Gasteiger partial charge in [-0.25, -0.2) is 4.79 Å². The van der Waals surface area contributed by atoms with Crippen LogP contribution in [0.3, 0.4) is 0 Å². The topological polar surface area (TPSA) is 76.7 Å². The van der Waals surface area contributed by atoms with Crippen molar-refractivity contribution in [1.82, 2.24) is 5.32 Å². The second kappa shape index (κ2) is 8.57. The summed E-state index contributed by atoms with van der Waals surface area (Å²) < 4.78 is 9.94. The SMILES string of the molecule is CCOC(=O)Nc1ccc(C(=O)NCc2cccc(OC)c2)cc1. The van der Waals surface area contributed by atoms with Gasteiger partial charge in [0.25, 0.3) is 5.91 Å². The minimum absolute atomic E-state index is 0.194. The minimum atomic E-state index is -0.521. The molecule has 0 atom stereocenters. The summed E-state index contributed by atoms with van der Waals surface area (Å²) in [7, 11) is 1.60. The van der Waals surface area contributed by atoms with Gasteiger partial charge in [-0.3, -0.25) is 10.1 Å². The van der Waals surface area contributed by atoms with Gasteiger partial charge >= 0.3 is 6.09 Å². The summed E-state index contributed by atoms with van der Waals surface area (Å²) in [6.07, 6.45) is -0.521. The van der Waals surface area contributed by atoms with Gasteiger partial charge in [-0.15, -0.1) is 0 Å². The van der Waals surface area contributed by atoms with Gasteiger partial charge in [0.15, 0.2) is 0 Å². The minimum Gasteiger partial charge on any atom is -0.497 e. The highest BCUT2D eigenvalue weighted by atomic mass is 16.5. The molecule has 0 unspecified atom stereocenters. The number of hydrogen-bond acceptors (Lipinski definition) is 4. The van der Waals surface area contributed by atoms with Crippen LogP contribution in [0.25, 0.3) is 0 Å². The van der Waals surface area contributed by atoms with Gasteiger partial charge in [0.05, 0.1) is 13.7 Å². The van der Waals surface area contributed by atoms with Crippen molar-refractivity contribution in [2.75, 3.05) is 19.0 Å². The van der Waals surface area contributed by atoms with Crippen molar-refractivity contribution in [3.8, 4) is 5.75 Å². The standard InChI is InChI=1S/C18H20N2O4/c1-3-24-18(22)20-15-9-7-14(8-10-15)17(21)19-12-13-5-4-6-16(11-13)23-2/h4-11H,3,12H2,1-2H3,(H,19,21)(H,20,22). The van der Waals surface area contributed by atoms with Crippen LogP contribution in [-0.4, -0.2) is 25.7 Å². The fourth-order valence-corrected chi connectivity index (χ4v) is 2.06. The first-order chi connectivity index (χ1) is 11.6. The second-order valence-corrected chi connectivity index (χ2v) is 4.96. The Balaban J connectivity index is 1.91. The number of anilines is 1. The molecule has 2 rings (SSSR count). The van der Waals surface area contributed by atoms with Gasteiger partial charge in [-0.2, -0.15) is 0 Å². The van der Waals surface area contributed by atoms with Crippen LogP contribution in [0.5, 0.6) is 5.75 Å². The van der Waals surface area contributed by atoms with E-state index >= 15 is 0 Å². The Kier molecular flexibility index (Phi) is 6.19. The van der Waals surface area contributed by atoms with E-state index in [1.54, 1.807) is 38.3 Å². The lowest BCUT2D eigenvalue weighted by Crippen LogP contribution is -2.22. The highest BCUT2D eigenvalue weighted by Crippen LogP contribution is 2.13. The third-order valence-corrected chi connectivity index (χ3v) is 3.26. The van der Waals surface area contributed by atoms with Crippen molar-refractivity contribution >= 4 is 17.7 Å². The maximum atomic E-state index is 12.2. The number of carbonyl (C=O) groups excluding carboxylic acids is 2. The van der Waals surface area contributed by atoms with Crippen LogP contribution in [-0.2, 0) is 11.3 Å². The fourth-order valence-electron chi connectivity index (χ4n) is 2.06. The van der Waals surface area contributed by atoms with E-state index in [1.165, 1.54) is 0 Å². The maximum absolute atomic E-state index is 12.2. The van der Waals surface area contributed by atoms with E-state index in [-0.39, 0.29) is 5.91 Å². The fraction of sp³-hybridized carbons (Fsp3) is 0.222. The van der Waals surface area contributed by atoms with Gasteiger partial charge in [0, 0.05) is 17.8 Å². The molecule has 0 radical (unpaired) electrons. The molecule has 0 bridgehead atoms. The molecule has 0 heterocycles. The Morgan fingerprint density at radius 3 is 2.50 bits per heavy atom. The predicted octanol–water partition coefficient (Wildman–Crippen LogP) is 3.19. The monoisotopic (exact) mass is 328 g/mol. The van der Waals surface area contributed by atoms with Gasteiger partial charge in [-0.1, -0.05) is 12.1 Å². The number of amides is 2. The van der Waals surface area contributed by atoms with Crippen molar-refractivity contribution in [2.24, 2.45) is 0 Å². The molecule has 2 amide bonds. The van der Waals surface area contributed by atoms with Crippen LogP contribution in [0.15, 0.2) is 48.5 Å². The van der Waals surface area contributed by atoms with Crippen LogP contribution in [0.1, 0.15) is 22.8 Å². The van der Waals surface area contributed by atoms with Crippen molar-refractivity contribution in [2.45, 2.75) is 13.5 Å². The lowest BCUT2D eigenvalue weighted by molar-refractivity contribution is 0.0951. The van der Waals surface area contributed by atoms with Crippen LogP contribution >= 0.6 is 0 Å². The Morgan fingerprint density at radius 2 is 1.83 bits per heavy atom. The van der Waals surface area contributed by atoms with E-state index in [1.807, 2.05) is 24.3 Å². The predicted molar refractivity (Wildman–Crippen MR) is 91.3 cm³/mol. The molecular weight excluding hydrogens is 308 g/mol. The first-order valence-electron chi connectivity index (χ1n) is 7.57. The third kappa shape index (κ3) is 5.01. The molecule has 2 aromatic carbocycles. The van der Waals surface area contributed by atoms with E-state index in [0.717, 1.165) is 11.3 Å². The summed E-state index contributed by atoms with van der Waals surface area (Å²) in [6, 6.07) is 14.1. The normalized spacial score (nSPS) is 9.92. The van der Waals surface area contributed by atoms with E-state index in [4.69, 9.17) is 9.47 Å². The van der Waals surface area contributed by atoms with E-state index < -0.39 is 6.09 Å². The lowest BCUT2D eigenvalue weighted by Gasteiger charge is -2.08. The van der Waals surface area contributed by atoms with Crippen molar-refractivity contribution in [3.63, 3.8) is 0 Å². The van der Waals surface area contributed by atoms with Crippen molar-refractivity contribution in [3.05, 3.63) is 59.7 Å². The summed E-state index contributed by atoms with van der Waals surface area (Å²) >= 11 is 0. The molecule has 0 aliphatic heterocycles. The zero-order chi connectivity index (χ0) is 17.4.